The van der Waals surface area contributed by atoms with Crippen LogP contribution in [0.15, 0.2) is 36.9 Å². The third kappa shape index (κ3) is 5.64. The molecule has 5 heteroatoms. The van der Waals surface area contributed by atoms with Gasteiger partial charge >= 0.3 is 0 Å². The number of β-amino-alcohol motifs (C(OH)–C–C–N with tert-alkyl or cyclic N) is 1. The van der Waals surface area contributed by atoms with Gasteiger partial charge in [0.25, 0.3) is 0 Å². The van der Waals surface area contributed by atoms with Crippen molar-refractivity contribution in [2.75, 3.05) is 37.6 Å². The van der Waals surface area contributed by atoms with Crippen molar-refractivity contribution in [2.24, 2.45) is 0 Å². The molecule has 1 aliphatic heterocycles. The van der Waals surface area contributed by atoms with Crippen LogP contribution in [0, 0.1) is 20.8 Å². The maximum atomic E-state index is 10.2. The monoisotopic (exact) mass is 394 g/mol. The zero-order chi connectivity index (χ0) is 20.8. The highest BCUT2D eigenvalue weighted by atomic mass is 16.3. The molecule has 3 rings (SSSR count). The molecule has 1 aromatic heterocycles. The Labute approximate surface area is 175 Å². The number of aliphatic hydroxyl groups excluding tert-OH is 1. The van der Waals surface area contributed by atoms with Crippen LogP contribution in [0.2, 0.25) is 0 Å². The molecule has 2 heterocycles. The number of aryl methyl sites for hydroxylation is 3. The summed E-state index contributed by atoms with van der Waals surface area (Å²) in [7, 11) is 0. The Kier molecular flexibility index (Phi) is 7.40. The van der Waals surface area contributed by atoms with E-state index in [4.69, 9.17) is 4.98 Å². The second kappa shape index (κ2) is 9.99. The van der Waals surface area contributed by atoms with E-state index in [-0.39, 0.29) is 6.10 Å². The third-order valence-corrected chi connectivity index (χ3v) is 5.78. The zero-order valence-electron chi connectivity index (χ0n) is 18.1. The van der Waals surface area contributed by atoms with E-state index in [1.165, 1.54) is 16.7 Å². The minimum atomic E-state index is -0.278. The molecule has 1 atom stereocenters. The number of benzene rings is 1. The predicted molar refractivity (Wildman–Crippen MR) is 120 cm³/mol. The molecule has 1 saturated heterocycles. The first-order valence-electron chi connectivity index (χ1n) is 10.6. The largest absolute Gasteiger partial charge is 0.392 e. The number of hydrogen-bond acceptors (Lipinski definition) is 5. The van der Waals surface area contributed by atoms with Crippen molar-refractivity contribution in [2.45, 2.75) is 46.1 Å². The van der Waals surface area contributed by atoms with Crippen molar-refractivity contribution in [3.8, 4) is 0 Å². The van der Waals surface area contributed by atoms with Crippen molar-refractivity contribution in [1.29, 1.82) is 0 Å². The van der Waals surface area contributed by atoms with Crippen LogP contribution in [-0.4, -0.2) is 58.8 Å². The molecule has 29 heavy (non-hydrogen) atoms. The summed E-state index contributed by atoms with van der Waals surface area (Å²) in [5.41, 5.74) is 4.92. The zero-order valence-corrected chi connectivity index (χ0v) is 18.1. The van der Waals surface area contributed by atoms with Gasteiger partial charge < -0.3 is 10.0 Å². The average molecular weight is 395 g/mol. The lowest BCUT2D eigenvalue weighted by molar-refractivity contribution is 0.103. The van der Waals surface area contributed by atoms with E-state index in [1.807, 2.05) is 13.0 Å². The van der Waals surface area contributed by atoms with E-state index < -0.39 is 0 Å². The summed E-state index contributed by atoms with van der Waals surface area (Å²) < 4.78 is 0. The van der Waals surface area contributed by atoms with E-state index in [0.717, 1.165) is 69.3 Å². The Morgan fingerprint density at radius 3 is 2.52 bits per heavy atom. The van der Waals surface area contributed by atoms with Gasteiger partial charge in [-0.3, -0.25) is 4.90 Å². The van der Waals surface area contributed by atoms with Gasteiger partial charge in [-0.25, -0.2) is 9.97 Å². The molecule has 0 spiro atoms. The van der Waals surface area contributed by atoms with E-state index in [2.05, 4.69) is 59.5 Å². The van der Waals surface area contributed by atoms with Crippen molar-refractivity contribution < 1.29 is 5.11 Å². The molecule has 0 saturated carbocycles. The molecule has 5 nitrogen and oxygen atoms in total. The summed E-state index contributed by atoms with van der Waals surface area (Å²) in [6.07, 6.45) is 4.10. The van der Waals surface area contributed by atoms with Gasteiger partial charge in [0.05, 0.1) is 6.10 Å². The molecular formula is C24H34N4O. The van der Waals surface area contributed by atoms with Gasteiger partial charge in [-0.05, 0) is 44.7 Å². The number of rotatable bonds is 8. The molecule has 2 aromatic rings. The molecular weight excluding hydrogens is 360 g/mol. The lowest BCUT2D eigenvalue weighted by Crippen LogP contribution is -2.49. The van der Waals surface area contributed by atoms with E-state index in [9.17, 15) is 5.11 Å². The van der Waals surface area contributed by atoms with Crippen molar-refractivity contribution in [1.82, 2.24) is 14.9 Å². The number of aromatic nitrogens is 2. The Hall–Kier alpha value is -2.24. The van der Waals surface area contributed by atoms with Crippen molar-refractivity contribution in [3.05, 3.63) is 65.1 Å². The van der Waals surface area contributed by atoms with Crippen LogP contribution in [0.1, 0.15) is 41.1 Å². The number of piperazine rings is 1. The van der Waals surface area contributed by atoms with Crippen LogP contribution in [-0.2, 0) is 6.42 Å². The van der Waals surface area contributed by atoms with Gasteiger partial charge in [0.15, 0.2) is 0 Å². The fourth-order valence-electron chi connectivity index (χ4n) is 4.03. The second-order valence-corrected chi connectivity index (χ2v) is 8.07. The van der Waals surface area contributed by atoms with E-state index >= 15 is 0 Å². The first kappa shape index (κ1) is 21.5. The van der Waals surface area contributed by atoms with Crippen LogP contribution in [0.5, 0.6) is 0 Å². The Bertz CT molecular complexity index is 828. The predicted octanol–water partition coefficient (Wildman–Crippen LogP) is 3.44. The van der Waals surface area contributed by atoms with Crippen molar-refractivity contribution >= 4 is 5.82 Å². The minimum Gasteiger partial charge on any atom is -0.392 e. The Balaban J connectivity index is 1.72. The van der Waals surface area contributed by atoms with Gasteiger partial charge in [0.1, 0.15) is 11.6 Å². The molecule has 156 valence electrons. The molecule has 1 fully saturated rings. The van der Waals surface area contributed by atoms with Crippen LogP contribution in [0.3, 0.4) is 0 Å². The fraction of sp³-hybridized carbons (Fsp3) is 0.500. The maximum Gasteiger partial charge on any atom is 0.136 e. The number of nitrogens with zero attached hydrogens (tertiary/aromatic N) is 4. The highest BCUT2D eigenvalue weighted by molar-refractivity contribution is 5.52. The molecule has 0 amide bonds. The first-order valence-corrected chi connectivity index (χ1v) is 10.6. The van der Waals surface area contributed by atoms with Gasteiger partial charge in [-0.2, -0.15) is 0 Å². The van der Waals surface area contributed by atoms with Gasteiger partial charge in [0, 0.05) is 50.4 Å². The average Bonchev–Trinajstić information content (AvgIpc) is 2.70. The summed E-state index contributed by atoms with van der Waals surface area (Å²) in [5, 5.41) is 10.2. The van der Waals surface area contributed by atoms with Crippen LogP contribution in [0.4, 0.5) is 5.82 Å². The summed E-state index contributed by atoms with van der Waals surface area (Å²) in [6, 6.07) is 8.54. The smallest absolute Gasteiger partial charge is 0.136 e. The number of anilines is 1. The van der Waals surface area contributed by atoms with Crippen LogP contribution >= 0.6 is 0 Å². The summed E-state index contributed by atoms with van der Waals surface area (Å²) in [5.74, 6) is 1.90. The number of hydrogen-bond donors (Lipinski definition) is 1. The first-order chi connectivity index (χ1) is 14.0. The van der Waals surface area contributed by atoms with E-state index in [1.54, 1.807) is 0 Å². The second-order valence-electron chi connectivity index (χ2n) is 8.07. The maximum absolute atomic E-state index is 10.2. The standard InChI is InChI=1S/C24H34N4O/c1-5-6-11-22(29)17-27-12-14-28(15-13-27)24-23(19(3)25-20(4)26-24)16-21-10-8-7-9-18(21)2/h5,7-10,22,29H,1,6,11-17H2,2-4H3. The molecule has 1 aliphatic rings. The minimum absolute atomic E-state index is 0.278. The topological polar surface area (TPSA) is 52.5 Å². The van der Waals surface area contributed by atoms with Crippen molar-refractivity contribution in [3.63, 3.8) is 0 Å². The number of aliphatic hydroxyl groups is 1. The summed E-state index contributed by atoms with van der Waals surface area (Å²) in [6.45, 7) is 14.4. The summed E-state index contributed by atoms with van der Waals surface area (Å²) >= 11 is 0. The third-order valence-electron chi connectivity index (χ3n) is 5.78. The van der Waals surface area contributed by atoms with Gasteiger partial charge in [-0.15, -0.1) is 6.58 Å². The summed E-state index contributed by atoms with van der Waals surface area (Å²) in [4.78, 5) is 14.2. The molecule has 0 radical (unpaired) electrons. The molecule has 1 N–H and O–H groups in total. The van der Waals surface area contributed by atoms with Crippen LogP contribution in [0.25, 0.3) is 0 Å². The van der Waals surface area contributed by atoms with Gasteiger partial charge in [0.2, 0.25) is 0 Å². The SMILES string of the molecule is C=CCCC(O)CN1CCN(c2nc(C)nc(C)c2Cc2ccccc2C)CC1. The Morgan fingerprint density at radius 2 is 1.83 bits per heavy atom. The lowest BCUT2D eigenvalue weighted by atomic mass is 9.99. The highest BCUT2D eigenvalue weighted by Crippen LogP contribution is 2.26. The lowest BCUT2D eigenvalue weighted by Gasteiger charge is -2.37. The molecule has 0 aliphatic carbocycles. The van der Waals surface area contributed by atoms with Gasteiger partial charge in [-0.1, -0.05) is 30.3 Å². The molecule has 0 bridgehead atoms. The van der Waals surface area contributed by atoms with Crippen LogP contribution < -0.4 is 4.90 Å². The highest BCUT2D eigenvalue weighted by Gasteiger charge is 2.23. The molecule has 1 unspecified atom stereocenters. The number of allylic oxidation sites excluding steroid dienone is 1. The van der Waals surface area contributed by atoms with E-state index in [0.29, 0.717) is 0 Å². The Morgan fingerprint density at radius 1 is 1.10 bits per heavy atom. The fourth-order valence-corrected chi connectivity index (χ4v) is 4.03. The normalized spacial score (nSPS) is 16.1. The quantitative estimate of drug-likeness (QED) is 0.695. The molecule has 1 aromatic carbocycles.